The van der Waals surface area contributed by atoms with Crippen LogP contribution in [0.25, 0.3) is 0 Å². The summed E-state index contributed by atoms with van der Waals surface area (Å²) in [6.45, 7) is 1.46. The van der Waals surface area contributed by atoms with Crippen LogP contribution in [0.4, 0.5) is 5.69 Å². The van der Waals surface area contributed by atoms with Crippen LogP contribution in [0.15, 0.2) is 29.5 Å². The molecule has 1 aliphatic heterocycles. The fourth-order valence-corrected chi connectivity index (χ4v) is 2.65. The lowest BCUT2D eigenvalue weighted by Crippen LogP contribution is -2.24. The van der Waals surface area contributed by atoms with Crippen LogP contribution in [0.3, 0.4) is 0 Å². The van der Waals surface area contributed by atoms with E-state index in [4.69, 9.17) is 16.3 Å². The van der Waals surface area contributed by atoms with Gasteiger partial charge in [-0.05, 0) is 25.3 Å². The fraction of sp³-hybridized carbons (Fsp3) is 0.400. The Kier molecular flexibility index (Phi) is 4.78. The molecule has 122 valence electrons. The van der Waals surface area contributed by atoms with E-state index in [0.29, 0.717) is 12.2 Å². The van der Waals surface area contributed by atoms with Gasteiger partial charge in [0.15, 0.2) is 0 Å². The quantitative estimate of drug-likeness (QED) is 0.894. The zero-order valence-corrected chi connectivity index (χ0v) is 13.2. The molecule has 1 atom stereocenters. The molecule has 2 aromatic heterocycles. The summed E-state index contributed by atoms with van der Waals surface area (Å²) in [6.07, 6.45) is 8.13. The van der Waals surface area contributed by atoms with Crippen molar-refractivity contribution in [3.63, 3.8) is 0 Å². The number of rotatable bonds is 4. The van der Waals surface area contributed by atoms with Gasteiger partial charge in [0.25, 0.3) is 11.5 Å². The summed E-state index contributed by atoms with van der Waals surface area (Å²) in [5.74, 6) is -0.364. The second-order valence-electron chi connectivity index (χ2n) is 5.46. The van der Waals surface area contributed by atoms with E-state index in [1.54, 1.807) is 17.1 Å². The van der Waals surface area contributed by atoms with Crippen molar-refractivity contribution in [3.05, 3.63) is 45.6 Å². The number of halogens is 1. The predicted molar refractivity (Wildman–Crippen MR) is 85.8 cm³/mol. The molecule has 0 aliphatic carbocycles. The summed E-state index contributed by atoms with van der Waals surface area (Å²) in [5.41, 5.74) is 0.426. The number of amides is 1. The summed E-state index contributed by atoms with van der Waals surface area (Å²) in [7, 11) is 0. The molecular weight excluding hydrogens is 320 g/mol. The van der Waals surface area contributed by atoms with Crippen LogP contribution < -0.4 is 10.9 Å². The van der Waals surface area contributed by atoms with Crippen LogP contribution in [0.1, 0.15) is 29.6 Å². The lowest BCUT2D eigenvalue weighted by atomic mass is 10.1. The highest BCUT2D eigenvalue weighted by Crippen LogP contribution is 2.15. The topological polar surface area (TPSA) is 89.0 Å². The average Bonchev–Trinajstić information content (AvgIpc) is 2.98. The first-order valence-electron chi connectivity index (χ1n) is 7.45. The van der Waals surface area contributed by atoms with Crippen molar-refractivity contribution in [2.75, 3.05) is 11.9 Å². The van der Waals surface area contributed by atoms with Crippen LogP contribution in [0.5, 0.6) is 0 Å². The van der Waals surface area contributed by atoms with Gasteiger partial charge in [-0.2, -0.15) is 5.10 Å². The molecule has 7 nitrogen and oxygen atoms in total. The number of hydrogen-bond donors (Lipinski definition) is 2. The molecule has 2 aromatic rings. The first-order valence-corrected chi connectivity index (χ1v) is 7.83. The molecule has 1 unspecified atom stereocenters. The van der Waals surface area contributed by atoms with E-state index in [2.05, 4.69) is 15.4 Å². The number of anilines is 1. The number of aromatic amines is 1. The molecule has 8 heteroatoms. The summed E-state index contributed by atoms with van der Waals surface area (Å²) in [5, 5.41) is 6.92. The predicted octanol–water partition coefficient (Wildman–Crippen LogP) is 2.05. The highest BCUT2D eigenvalue weighted by atomic mass is 35.5. The molecule has 23 heavy (non-hydrogen) atoms. The van der Waals surface area contributed by atoms with Gasteiger partial charge in [-0.25, -0.2) is 0 Å². The van der Waals surface area contributed by atoms with Crippen molar-refractivity contribution in [1.82, 2.24) is 14.8 Å². The molecule has 0 saturated carbocycles. The van der Waals surface area contributed by atoms with Gasteiger partial charge < -0.3 is 15.0 Å². The standard InChI is InChI=1S/C15H17ClN4O3/c16-13-5-10(6-17-15(13)22)14(21)19-11-7-18-20(8-11)9-12-3-1-2-4-23-12/h5-8,12H,1-4,9H2,(H,17,22)(H,19,21). The largest absolute Gasteiger partial charge is 0.376 e. The first-order chi connectivity index (χ1) is 11.1. The molecule has 3 heterocycles. The Labute approximate surface area is 137 Å². The third kappa shape index (κ3) is 4.00. The van der Waals surface area contributed by atoms with E-state index in [-0.39, 0.29) is 22.6 Å². The number of aromatic nitrogens is 3. The van der Waals surface area contributed by atoms with Gasteiger partial charge >= 0.3 is 0 Å². The average molecular weight is 337 g/mol. The lowest BCUT2D eigenvalue weighted by Gasteiger charge is -2.22. The van der Waals surface area contributed by atoms with Crippen molar-refractivity contribution in [2.24, 2.45) is 0 Å². The summed E-state index contributed by atoms with van der Waals surface area (Å²) >= 11 is 5.72. The number of hydrogen-bond acceptors (Lipinski definition) is 4. The zero-order chi connectivity index (χ0) is 16.2. The number of carbonyl (C=O) groups excluding carboxylic acids is 1. The van der Waals surface area contributed by atoms with Crippen molar-refractivity contribution >= 4 is 23.2 Å². The van der Waals surface area contributed by atoms with Gasteiger partial charge in [-0.15, -0.1) is 0 Å². The Morgan fingerprint density at radius 1 is 1.52 bits per heavy atom. The summed E-state index contributed by atoms with van der Waals surface area (Å²) in [6, 6.07) is 1.33. The molecular formula is C15H17ClN4O3. The van der Waals surface area contributed by atoms with Gasteiger partial charge in [0.1, 0.15) is 5.02 Å². The Morgan fingerprint density at radius 3 is 3.13 bits per heavy atom. The normalized spacial score (nSPS) is 17.9. The maximum Gasteiger partial charge on any atom is 0.266 e. The highest BCUT2D eigenvalue weighted by molar-refractivity contribution is 6.30. The highest BCUT2D eigenvalue weighted by Gasteiger charge is 2.15. The molecule has 3 rings (SSSR count). The number of nitrogens with one attached hydrogen (secondary N) is 2. The molecule has 0 aromatic carbocycles. The van der Waals surface area contributed by atoms with E-state index in [1.165, 1.54) is 18.7 Å². The molecule has 1 fully saturated rings. The maximum atomic E-state index is 12.1. The number of carbonyl (C=O) groups is 1. The van der Waals surface area contributed by atoms with Crippen LogP contribution in [-0.2, 0) is 11.3 Å². The van der Waals surface area contributed by atoms with E-state index in [9.17, 15) is 9.59 Å². The third-order valence-corrected chi connectivity index (χ3v) is 3.96. The summed E-state index contributed by atoms with van der Waals surface area (Å²) < 4.78 is 7.42. The molecule has 1 saturated heterocycles. The fourth-order valence-electron chi connectivity index (χ4n) is 2.48. The molecule has 1 aliphatic rings. The minimum atomic E-state index is -0.427. The second-order valence-corrected chi connectivity index (χ2v) is 5.87. The molecule has 1 amide bonds. The van der Waals surface area contributed by atoms with Crippen molar-refractivity contribution in [3.8, 4) is 0 Å². The van der Waals surface area contributed by atoms with E-state index < -0.39 is 5.56 Å². The minimum Gasteiger partial charge on any atom is -0.376 e. The Balaban J connectivity index is 1.62. The second kappa shape index (κ2) is 6.97. The van der Waals surface area contributed by atoms with Crippen LogP contribution in [-0.4, -0.2) is 33.4 Å². The van der Waals surface area contributed by atoms with Crippen LogP contribution in [0, 0.1) is 0 Å². The third-order valence-electron chi connectivity index (χ3n) is 3.68. The van der Waals surface area contributed by atoms with Gasteiger partial charge in [0.2, 0.25) is 0 Å². The number of H-pyrrole nitrogens is 1. The van der Waals surface area contributed by atoms with Crippen LogP contribution >= 0.6 is 11.6 Å². The molecule has 2 N–H and O–H groups in total. The van der Waals surface area contributed by atoms with Gasteiger partial charge in [0, 0.05) is 19.0 Å². The smallest absolute Gasteiger partial charge is 0.266 e. The Hall–Kier alpha value is -2.12. The zero-order valence-electron chi connectivity index (χ0n) is 12.4. The van der Waals surface area contributed by atoms with Gasteiger partial charge in [-0.3, -0.25) is 14.3 Å². The van der Waals surface area contributed by atoms with Crippen molar-refractivity contribution in [1.29, 1.82) is 0 Å². The lowest BCUT2D eigenvalue weighted by molar-refractivity contribution is 0.00401. The van der Waals surface area contributed by atoms with Gasteiger partial charge in [-0.1, -0.05) is 11.6 Å². The monoisotopic (exact) mass is 336 g/mol. The van der Waals surface area contributed by atoms with Crippen LogP contribution in [0.2, 0.25) is 5.02 Å². The minimum absolute atomic E-state index is 0.0252. The molecule has 0 spiro atoms. The van der Waals surface area contributed by atoms with E-state index in [1.807, 2.05) is 0 Å². The Morgan fingerprint density at radius 2 is 2.39 bits per heavy atom. The first kappa shape index (κ1) is 15.8. The summed E-state index contributed by atoms with van der Waals surface area (Å²) in [4.78, 5) is 25.7. The van der Waals surface area contributed by atoms with Crippen molar-refractivity contribution < 1.29 is 9.53 Å². The Bertz CT molecular complexity index is 749. The van der Waals surface area contributed by atoms with E-state index >= 15 is 0 Å². The number of ether oxygens (including phenoxy) is 1. The SMILES string of the molecule is O=C(Nc1cnn(CC2CCCCO2)c1)c1c[nH]c(=O)c(Cl)c1. The van der Waals surface area contributed by atoms with E-state index in [0.717, 1.165) is 19.4 Å². The maximum absolute atomic E-state index is 12.1. The van der Waals surface area contributed by atoms with Gasteiger partial charge in [0.05, 0.1) is 30.1 Å². The number of pyridine rings is 1. The molecule has 0 bridgehead atoms. The molecule has 0 radical (unpaired) electrons. The van der Waals surface area contributed by atoms with Crippen molar-refractivity contribution in [2.45, 2.75) is 31.9 Å². The number of nitrogens with zero attached hydrogens (tertiary/aromatic N) is 2.